The van der Waals surface area contributed by atoms with Crippen molar-refractivity contribution >= 4 is 23.0 Å². The number of H-pyrrole nitrogens is 1. The number of pyridine rings is 2. The van der Waals surface area contributed by atoms with Crippen molar-refractivity contribution in [1.29, 1.82) is 0 Å². The quantitative estimate of drug-likeness (QED) is 0.537. The van der Waals surface area contributed by atoms with Gasteiger partial charge in [-0.1, -0.05) is 12.1 Å². The van der Waals surface area contributed by atoms with Crippen LogP contribution in [0.4, 0.5) is 4.79 Å². The largest absolute Gasteiger partial charge is 0.506 e. The Bertz CT molecular complexity index is 1200. The highest BCUT2D eigenvalue weighted by atomic mass is 16.6. The van der Waals surface area contributed by atoms with Gasteiger partial charge in [-0.05, 0) is 56.5 Å². The molecular weight excluding hydrogens is 414 g/mol. The van der Waals surface area contributed by atoms with Gasteiger partial charge < -0.3 is 24.8 Å². The topological polar surface area (TPSA) is 133 Å². The second-order valence-corrected chi connectivity index (χ2v) is 8.36. The molecule has 0 saturated carbocycles. The highest BCUT2D eigenvalue weighted by Crippen LogP contribution is 2.25. The third-order valence-corrected chi connectivity index (χ3v) is 4.68. The van der Waals surface area contributed by atoms with Crippen molar-refractivity contribution in [2.24, 2.45) is 0 Å². The van der Waals surface area contributed by atoms with Crippen molar-refractivity contribution in [3.63, 3.8) is 0 Å². The molecule has 0 radical (unpaired) electrons. The number of nitrogens with zero attached hydrogens (tertiary/aromatic N) is 2. The Labute approximate surface area is 184 Å². The molecule has 3 rings (SSSR count). The summed E-state index contributed by atoms with van der Waals surface area (Å²) in [6.45, 7) is 5.78. The van der Waals surface area contributed by atoms with E-state index in [4.69, 9.17) is 9.84 Å². The summed E-state index contributed by atoms with van der Waals surface area (Å²) in [6.07, 6.45) is 1.33. The molecule has 0 bridgehead atoms. The number of aromatic carboxylic acids is 1. The molecule has 9 heteroatoms. The van der Waals surface area contributed by atoms with Gasteiger partial charge in [-0.15, -0.1) is 0 Å². The number of aromatic amines is 1. The first-order valence-electron chi connectivity index (χ1n) is 10.0. The number of phenolic OH excluding ortho intramolecular Hbond substituents is 1. The number of hydrogen-bond acceptors (Lipinski definition) is 6. The fraction of sp³-hybridized carbons (Fsp3) is 0.304. The summed E-state index contributed by atoms with van der Waals surface area (Å²) in [6, 6.07) is 9.25. The minimum Gasteiger partial charge on any atom is -0.506 e. The van der Waals surface area contributed by atoms with E-state index in [-0.39, 0.29) is 30.1 Å². The lowest BCUT2D eigenvalue weighted by Crippen LogP contribution is -2.37. The molecule has 0 fully saturated rings. The van der Waals surface area contributed by atoms with Crippen molar-refractivity contribution in [3.8, 4) is 5.75 Å². The van der Waals surface area contributed by atoms with Crippen LogP contribution in [0.2, 0.25) is 0 Å². The number of fused-ring (bicyclic) bond motifs is 1. The number of carboxylic acid groups (broad SMARTS) is 1. The van der Waals surface area contributed by atoms with Crippen LogP contribution in [0.25, 0.3) is 10.9 Å². The first-order valence-corrected chi connectivity index (χ1v) is 10.0. The summed E-state index contributed by atoms with van der Waals surface area (Å²) in [5.41, 5.74) is 0.737. The van der Waals surface area contributed by atoms with Crippen molar-refractivity contribution < 1.29 is 24.5 Å². The van der Waals surface area contributed by atoms with Gasteiger partial charge in [0.1, 0.15) is 17.0 Å². The van der Waals surface area contributed by atoms with Gasteiger partial charge in [0.25, 0.3) is 0 Å². The molecule has 0 atom stereocenters. The van der Waals surface area contributed by atoms with Crippen molar-refractivity contribution in [3.05, 3.63) is 69.8 Å². The number of aromatic hydroxyl groups is 1. The van der Waals surface area contributed by atoms with E-state index >= 15 is 0 Å². The number of nitrogens with one attached hydrogen (secondary N) is 1. The fourth-order valence-corrected chi connectivity index (χ4v) is 3.20. The molecular formula is C23H25N3O6. The molecule has 3 N–H and O–H groups in total. The number of carbonyl (C=O) groups is 2. The fourth-order valence-electron chi connectivity index (χ4n) is 3.20. The average Bonchev–Trinajstić information content (AvgIpc) is 2.71. The summed E-state index contributed by atoms with van der Waals surface area (Å²) >= 11 is 0. The van der Waals surface area contributed by atoms with Crippen LogP contribution in [-0.2, 0) is 17.7 Å². The smallest absolute Gasteiger partial charge is 0.410 e. The van der Waals surface area contributed by atoms with Crippen LogP contribution in [-0.4, -0.2) is 49.3 Å². The van der Waals surface area contributed by atoms with Crippen LogP contribution in [0.1, 0.15) is 42.4 Å². The minimum absolute atomic E-state index is 0.0324. The number of phenols is 1. The van der Waals surface area contributed by atoms with E-state index in [0.717, 1.165) is 5.56 Å². The molecule has 1 aromatic carbocycles. The number of carbonyl (C=O) groups excluding carboxylic acids is 1. The van der Waals surface area contributed by atoms with Gasteiger partial charge in [0.2, 0.25) is 5.56 Å². The number of rotatable bonds is 6. The highest BCUT2D eigenvalue weighted by Gasteiger charge is 2.23. The minimum atomic E-state index is -1.13. The Morgan fingerprint density at radius 1 is 1.12 bits per heavy atom. The van der Waals surface area contributed by atoms with Crippen molar-refractivity contribution in [2.45, 2.75) is 39.3 Å². The normalized spacial score (nSPS) is 11.3. The van der Waals surface area contributed by atoms with Gasteiger partial charge in [-0.2, -0.15) is 0 Å². The Kier molecular flexibility index (Phi) is 6.47. The zero-order valence-corrected chi connectivity index (χ0v) is 18.1. The number of benzene rings is 1. The van der Waals surface area contributed by atoms with Gasteiger partial charge >= 0.3 is 12.1 Å². The molecule has 9 nitrogen and oxygen atoms in total. The third-order valence-electron chi connectivity index (χ3n) is 4.68. The van der Waals surface area contributed by atoms with Crippen LogP contribution in [0.5, 0.6) is 5.75 Å². The molecule has 0 spiro atoms. The molecule has 0 unspecified atom stereocenters. The summed E-state index contributed by atoms with van der Waals surface area (Å²) in [5, 5.41) is 19.8. The molecule has 0 aliphatic heterocycles. The number of carboxylic acids is 1. The number of ether oxygens (including phenoxy) is 1. The Hall–Kier alpha value is -3.88. The SMILES string of the molecule is CC(C)(C)OC(=O)N(CCc1ccc(O)c2[nH]c(=O)ccc12)Cc1ccc(C(=O)O)nc1. The summed E-state index contributed by atoms with van der Waals surface area (Å²) < 4.78 is 5.53. The second-order valence-electron chi connectivity index (χ2n) is 8.36. The van der Waals surface area contributed by atoms with Crippen LogP contribution in [0, 0.1) is 0 Å². The summed E-state index contributed by atoms with van der Waals surface area (Å²) in [7, 11) is 0. The van der Waals surface area contributed by atoms with E-state index in [1.165, 1.54) is 29.3 Å². The number of amides is 1. The average molecular weight is 439 g/mol. The van der Waals surface area contributed by atoms with Crippen LogP contribution >= 0.6 is 0 Å². The van der Waals surface area contributed by atoms with Gasteiger partial charge in [0.05, 0.1) is 12.1 Å². The lowest BCUT2D eigenvalue weighted by atomic mass is 10.0. The monoisotopic (exact) mass is 439 g/mol. The first-order chi connectivity index (χ1) is 15.0. The van der Waals surface area contributed by atoms with E-state index in [1.54, 1.807) is 39.0 Å². The molecule has 0 aliphatic rings. The first kappa shape index (κ1) is 22.8. The van der Waals surface area contributed by atoms with Crippen molar-refractivity contribution in [2.75, 3.05) is 6.54 Å². The van der Waals surface area contributed by atoms with Crippen LogP contribution in [0.3, 0.4) is 0 Å². The van der Waals surface area contributed by atoms with E-state index in [2.05, 4.69) is 9.97 Å². The maximum atomic E-state index is 12.8. The molecule has 2 aromatic heterocycles. The predicted octanol–water partition coefficient (Wildman–Crippen LogP) is 3.31. The Balaban J connectivity index is 1.85. The van der Waals surface area contributed by atoms with Crippen molar-refractivity contribution in [1.82, 2.24) is 14.9 Å². The molecule has 0 aliphatic carbocycles. The maximum Gasteiger partial charge on any atom is 0.410 e. The van der Waals surface area contributed by atoms with E-state index in [1.807, 2.05) is 0 Å². The van der Waals surface area contributed by atoms with E-state index in [9.17, 15) is 19.5 Å². The van der Waals surface area contributed by atoms with E-state index < -0.39 is 17.7 Å². The number of hydrogen-bond donors (Lipinski definition) is 3. The molecule has 168 valence electrons. The van der Waals surface area contributed by atoms with Crippen LogP contribution in [0.15, 0.2) is 47.4 Å². The Morgan fingerprint density at radius 3 is 2.50 bits per heavy atom. The van der Waals surface area contributed by atoms with Gasteiger partial charge in [-0.25, -0.2) is 14.6 Å². The lowest BCUT2D eigenvalue weighted by molar-refractivity contribution is 0.0235. The zero-order chi connectivity index (χ0) is 23.5. The third kappa shape index (κ3) is 5.63. The molecule has 0 saturated heterocycles. The highest BCUT2D eigenvalue weighted by molar-refractivity contribution is 5.87. The molecule has 3 aromatic rings. The number of aromatic nitrogens is 2. The molecule has 1 amide bonds. The predicted molar refractivity (Wildman–Crippen MR) is 118 cm³/mol. The summed E-state index contributed by atoms with van der Waals surface area (Å²) in [5.74, 6) is -1.16. The second kappa shape index (κ2) is 9.09. The van der Waals surface area contributed by atoms with Gasteiger partial charge in [0, 0.05) is 24.2 Å². The summed E-state index contributed by atoms with van der Waals surface area (Å²) in [4.78, 5) is 43.5. The van der Waals surface area contributed by atoms with Crippen LogP contribution < -0.4 is 5.56 Å². The van der Waals surface area contributed by atoms with E-state index in [0.29, 0.717) is 22.9 Å². The zero-order valence-electron chi connectivity index (χ0n) is 18.1. The lowest BCUT2D eigenvalue weighted by Gasteiger charge is -2.27. The maximum absolute atomic E-state index is 12.8. The standard InChI is InChI=1S/C23H25N3O6/c1-23(2,3)32-22(31)26(13-14-4-7-17(21(29)30)24-12-14)11-10-15-5-8-18(27)20-16(15)6-9-19(28)25-20/h4-9,12,27H,10-11,13H2,1-3H3,(H,25,28)(H,29,30). The molecule has 32 heavy (non-hydrogen) atoms. The Morgan fingerprint density at radius 2 is 1.88 bits per heavy atom. The van der Waals surface area contributed by atoms with Gasteiger partial charge in [-0.3, -0.25) is 4.79 Å². The van der Waals surface area contributed by atoms with Gasteiger partial charge in [0.15, 0.2) is 0 Å². The molecule has 2 heterocycles.